The maximum atomic E-state index is 12.5. The Bertz CT molecular complexity index is 805. The van der Waals surface area contributed by atoms with Crippen molar-refractivity contribution in [3.8, 4) is 11.5 Å². The Kier molecular flexibility index (Phi) is 5.48. The molecule has 26 heavy (non-hydrogen) atoms. The maximum Gasteiger partial charge on any atom is 0.269 e. The van der Waals surface area contributed by atoms with Crippen molar-refractivity contribution < 1.29 is 14.3 Å². The van der Waals surface area contributed by atoms with Gasteiger partial charge in [-0.2, -0.15) is 0 Å². The minimum absolute atomic E-state index is 0.0340. The fourth-order valence-corrected chi connectivity index (χ4v) is 2.64. The van der Waals surface area contributed by atoms with E-state index in [0.29, 0.717) is 23.1 Å². The van der Waals surface area contributed by atoms with Gasteiger partial charge in [-0.05, 0) is 37.2 Å². The van der Waals surface area contributed by atoms with E-state index in [0.717, 1.165) is 13.1 Å². The first kappa shape index (κ1) is 17.9. The molecule has 0 aliphatic carbocycles. The van der Waals surface area contributed by atoms with Crippen molar-refractivity contribution in [2.24, 2.45) is 11.8 Å². The first-order chi connectivity index (χ1) is 12.6. The van der Waals surface area contributed by atoms with Crippen molar-refractivity contribution >= 4 is 17.5 Å². The zero-order valence-corrected chi connectivity index (χ0v) is 14.8. The Morgan fingerprint density at radius 2 is 2.04 bits per heavy atom. The molecule has 3 N–H and O–H groups in total. The summed E-state index contributed by atoms with van der Waals surface area (Å²) in [4.78, 5) is 28.2. The zero-order chi connectivity index (χ0) is 18.5. The molecule has 0 saturated carbocycles. The third-order valence-corrected chi connectivity index (χ3v) is 4.50. The van der Waals surface area contributed by atoms with E-state index < -0.39 is 0 Å². The van der Waals surface area contributed by atoms with Crippen molar-refractivity contribution in [1.29, 1.82) is 0 Å². The zero-order valence-electron chi connectivity index (χ0n) is 14.8. The summed E-state index contributed by atoms with van der Waals surface area (Å²) in [6.45, 7) is 3.67. The minimum atomic E-state index is -0.292. The number of nitrogens with zero attached hydrogens (tertiary/aromatic N) is 1. The van der Waals surface area contributed by atoms with Crippen LogP contribution < -0.4 is 20.7 Å². The van der Waals surface area contributed by atoms with E-state index >= 15 is 0 Å². The van der Waals surface area contributed by atoms with Gasteiger partial charge in [-0.1, -0.05) is 19.1 Å². The summed E-state index contributed by atoms with van der Waals surface area (Å²) in [5.74, 6) is 0.933. The molecule has 1 saturated heterocycles. The van der Waals surface area contributed by atoms with E-state index in [1.54, 1.807) is 31.3 Å². The molecule has 0 radical (unpaired) electrons. The minimum Gasteiger partial charge on any atom is -0.455 e. The Hall–Kier alpha value is -2.93. The van der Waals surface area contributed by atoms with Crippen LogP contribution in [0.4, 0.5) is 5.69 Å². The molecule has 7 nitrogen and oxygen atoms in total. The number of hydrogen-bond acceptors (Lipinski definition) is 5. The lowest BCUT2D eigenvalue weighted by molar-refractivity contribution is -0.121. The molecule has 2 amide bonds. The highest BCUT2D eigenvalue weighted by Crippen LogP contribution is 2.30. The van der Waals surface area contributed by atoms with Gasteiger partial charge >= 0.3 is 0 Å². The van der Waals surface area contributed by atoms with E-state index in [4.69, 9.17) is 4.74 Å². The smallest absolute Gasteiger partial charge is 0.269 e. The largest absolute Gasteiger partial charge is 0.455 e. The molecule has 1 fully saturated rings. The fourth-order valence-electron chi connectivity index (χ4n) is 2.64. The molecular formula is C19H22N4O3. The van der Waals surface area contributed by atoms with Crippen LogP contribution in [-0.2, 0) is 4.79 Å². The van der Waals surface area contributed by atoms with Crippen LogP contribution >= 0.6 is 0 Å². The van der Waals surface area contributed by atoms with Crippen LogP contribution in [0.3, 0.4) is 0 Å². The summed E-state index contributed by atoms with van der Waals surface area (Å²) in [7, 11) is 1.54. The highest BCUT2D eigenvalue weighted by atomic mass is 16.5. The number of ether oxygens (including phenoxy) is 1. The van der Waals surface area contributed by atoms with Crippen molar-refractivity contribution in [2.45, 2.75) is 6.92 Å². The molecule has 1 atom stereocenters. The highest BCUT2D eigenvalue weighted by Gasteiger charge is 2.29. The van der Waals surface area contributed by atoms with E-state index in [1.165, 1.54) is 6.20 Å². The lowest BCUT2D eigenvalue weighted by atomic mass is 9.88. The lowest BCUT2D eigenvalue weighted by Crippen LogP contribution is -2.48. The van der Waals surface area contributed by atoms with E-state index in [1.807, 2.05) is 19.1 Å². The third-order valence-electron chi connectivity index (χ3n) is 4.50. The number of amides is 2. The van der Waals surface area contributed by atoms with Gasteiger partial charge in [-0.25, -0.2) is 0 Å². The molecule has 3 rings (SSSR count). The topological polar surface area (TPSA) is 92.4 Å². The monoisotopic (exact) mass is 354 g/mol. The number of carbonyl (C=O) groups excluding carboxylic acids is 2. The molecule has 0 spiro atoms. The predicted octanol–water partition coefficient (Wildman–Crippen LogP) is 2.03. The molecule has 2 aromatic rings. The maximum absolute atomic E-state index is 12.5. The standard InChI is InChI=1S/C19H22N4O3/c1-12(13-10-21-11-13)18(24)23-15-5-3-4-6-17(15)26-14-7-8-22-16(9-14)19(25)20-2/h3-9,12-13,21H,10-11H2,1-2H3,(H,20,25)(H,23,24). The van der Waals surface area contributed by atoms with Crippen molar-refractivity contribution in [3.05, 3.63) is 48.3 Å². The first-order valence-corrected chi connectivity index (χ1v) is 8.55. The number of carbonyl (C=O) groups is 2. The van der Waals surface area contributed by atoms with E-state index in [2.05, 4.69) is 20.9 Å². The van der Waals surface area contributed by atoms with Crippen LogP contribution in [0.5, 0.6) is 11.5 Å². The van der Waals surface area contributed by atoms with Gasteiger partial charge in [0.25, 0.3) is 5.91 Å². The molecule has 1 aliphatic heterocycles. The average Bonchev–Trinajstić information content (AvgIpc) is 2.61. The Morgan fingerprint density at radius 3 is 2.73 bits per heavy atom. The van der Waals surface area contributed by atoms with Gasteiger partial charge in [-0.15, -0.1) is 0 Å². The van der Waals surface area contributed by atoms with Gasteiger partial charge in [0.05, 0.1) is 5.69 Å². The van der Waals surface area contributed by atoms with Crippen molar-refractivity contribution in [1.82, 2.24) is 15.6 Å². The average molecular weight is 354 g/mol. The molecule has 1 aromatic heterocycles. The molecule has 0 bridgehead atoms. The second-order valence-corrected chi connectivity index (χ2v) is 6.25. The van der Waals surface area contributed by atoms with Gasteiger partial charge in [0.15, 0.2) is 5.75 Å². The lowest BCUT2D eigenvalue weighted by Gasteiger charge is -2.31. The number of rotatable bonds is 6. The van der Waals surface area contributed by atoms with Crippen molar-refractivity contribution in [3.63, 3.8) is 0 Å². The molecule has 1 aliphatic rings. The third kappa shape index (κ3) is 4.00. The summed E-state index contributed by atoms with van der Waals surface area (Å²) in [6.07, 6.45) is 1.51. The Balaban J connectivity index is 1.75. The van der Waals surface area contributed by atoms with E-state index in [9.17, 15) is 9.59 Å². The number of para-hydroxylation sites is 2. The van der Waals surface area contributed by atoms with Crippen LogP contribution in [0, 0.1) is 11.8 Å². The first-order valence-electron chi connectivity index (χ1n) is 8.55. The summed E-state index contributed by atoms with van der Waals surface area (Å²) in [5, 5.41) is 8.65. The van der Waals surface area contributed by atoms with Crippen LogP contribution in [0.15, 0.2) is 42.6 Å². The summed E-state index contributed by atoms with van der Waals surface area (Å²) < 4.78 is 5.88. The quantitative estimate of drug-likeness (QED) is 0.738. The summed E-state index contributed by atoms with van der Waals surface area (Å²) in [6, 6.07) is 10.4. The summed E-state index contributed by atoms with van der Waals surface area (Å²) in [5.41, 5.74) is 0.854. The second kappa shape index (κ2) is 7.97. The molecule has 7 heteroatoms. The molecule has 2 heterocycles. The number of pyridine rings is 1. The fraction of sp³-hybridized carbons (Fsp3) is 0.316. The number of benzene rings is 1. The number of aromatic nitrogens is 1. The van der Waals surface area contributed by atoms with Gasteiger partial charge < -0.3 is 20.7 Å². The molecule has 1 unspecified atom stereocenters. The van der Waals surface area contributed by atoms with Gasteiger partial charge in [0, 0.05) is 25.2 Å². The molecule has 1 aromatic carbocycles. The van der Waals surface area contributed by atoms with Gasteiger partial charge in [0.2, 0.25) is 5.91 Å². The van der Waals surface area contributed by atoms with Gasteiger partial charge in [0.1, 0.15) is 11.4 Å². The Morgan fingerprint density at radius 1 is 1.27 bits per heavy atom. The number of anilines is 1. The second-order valence-electron chi connectivity index (χ2n) is 6.25. The Labute approximate surface area is 152 Å². The SMILES string of the molecule is CNC(=O)c1cc(Oc2ccccc2NC(=O)C(C)C2CNC2)ccn1. The predicted molar refractivity (Wildman–Crippen MR) is 98.3 cm³/mol. The van der Waals surface area contributed by atoms with Crippen LogP contribution in [-0.4, -0.2) is 36.9 Å². The van der Waals surface area contributed by atoms with Crippen LogP contribution in [0.1, 0.15) is 17.4 Å². The molecule has 136 valence electrons. The normalized spacial score (nSPS) is 14.8. The van der Waals surface area contributed by atoms with Crippen molar-refractivity contribution in [2.75, 3.05) is 25.5 Å². The number of nitrogens with one attached hydrogen (secondary N) is 3. The number of hydrogen-bond donors (Lipinski definition) is 3. The summed E-state index contributed by atoms with van der Waals surface area (Å²) >= 11 is 0. The molecular weight excluding hydrogens is 332 g/mol. The van der Waals surface area contributed by atoms with E-state index in [-0.39, 0.29) is 23.4 Å². The van der Waals surface area contributed by atoms with Crippen LogP contribution in [0.25, 0.3) is 0 Å². The highest BCUT2D eigenvalue weighted by molar-refractivity contribution is 5.94. The van der Waals surface area contributed by atoms with Gasteiger partial charge in [-0.3, -0.25) is 14.6 Å². The van der Waals surface area contributed by atoms with Crippen LogP contribution in [0.2, 0.25) is 0 Å².